The molecular formula is C18H26N2O4. The van der Waals surface area contributed by atoms with Crippen molar-refractivity contribution < 1.29 is 19.1 Å². The minimum atomic E-state index is -0.571. The van der Waals surface area contributed by atoms with Crippen molar-refractivity contribution in [3.8, 4) is 0 Å². The van der Waals surface area contributed by atoms with Crippen molar-refractivity contribution in [2.24, 2.45) is 0 Å². The van der Waals surface area contributed by atoms with Crippen molar-refractivity contribution in [2.75, 3.05) is 11.9 Å². The topological polar surface area (TPSA) is 84.5 Å². The van der Waals surface area contributed by atoms with Crippen LogP contribution in [0, 0.1) is 0 Å². The maximum Gasteiger partial charge on any atom is 0.338 e. The van der Waals surface area contributed by atoms with E-state index in [4.69, 9.17) is 4.74 Å². The summed E-state index contributed by atoms with van der Waals surface area (Å²) in [5, 5.41) is 5.42. The fourth-order valence-corrected chi connectivity index (χ4v) is 2.20. The largest absolute Gasteiger partial charge is 0.452 e. The van der Waals surface area contributed by atoms with Crippen LogP contribution in [0.3, 0.4) is 0 Å². The third-order valence-electron chi connectivity index (χ3n) is 3.42. The molecule has 2 amide bonds. The van der Waals surface area contributed by atoms with E-state index >= 15 is 0 Å². The number of ether oxygens (including phenoxy) is 1. The number of nitrogens with one attached hydrogen (secondary N) is 2. The van der Waals surface area contributed by atoms with Gasteiger partial charge < -0.3 is 15.4 Å². The van der Waals surface area contributed by atoms with Crippen molar-refractivity contribution in [1.29, 1.82) is 0 Å². The molecule has 0 saturated carbocycles. The third-order valence-corrected chi connectivity index (χ3v) is 3.42. The molecule has 0 aliphatic carbocycles. The van der Waals surface area contributed by atoms with Crippen molar-refractivity contribution in [1.82, 2.24) is 5.32 Å². The van der Waals surface area contributed by atoms with Crippen LogP contribution in [0.2, 0.25) is 0 Å². The smallest absolute Gasteiger partial charge is 0.338 e. The maximum atomic E-state index is 11.9. The molecule has 6 nitrogen and oxygen atoms in total. The van der Waals surface area contributed by atoms with Crippen molar-refractivity contribution in [2.45, 2.75) is 52.5 Å². The summed E-state index contributed by atoms with van der Waals surface area (Å²) in [5.74, 6) is -1.06. The molecule has 132 valence electrons. The summed E-state index contributed by atoms with van der Waals surface area (Å²) >= 11 is 0. The molecule has 1 atom stereocenters. The van der Waals surface area contributed by atoms with Gasteiger partial charge in [-0.25, -0.2) is 4.79 Å². The van der Waals surface area contributed by atoms with Crippen LogP contribution in [0.15, 0.2) is 24.3 Å². The summed E-state index contributed by atoms with van der Waals surface area (Å²) in [4.78, 5) is 34.6. The summed E-state index contributed by atoms with van der Waals surface area (Å²) < 4.78 is 5.00. The summed E-state index contributed by atoms with van der Waals surface area (Å²) in [6.45, 7) is 5.18. The fraction of sp³-hybridized carbons (Fsp3) is 0.500. The Balaban J connectivity index is 2.36. The lowest BCUT2D eigenvalue weighted by Gasteiger charge is -2.13. The summed E-state index contributed by atoms with van der Waals surface area (Å²) in [7, 11) is 0. The standard InChI is InChI=1S/C18H26N2O4/c1-4-5-6-7-13(2)19-17(22)12-24-18(23)15-8-10-16(11-9-15)20-14(3)21/h8-11,13H,4-7,12H2,1-3H3,(H,19,22)(H,20,21)/t13-/m1/s1. The average Bonchev–Trinajstić information content (AvgIpc) is 2.53. The summed E-state index contributed by atoms with van der Waals surface area (Å²) in [6, 6.07) is 6.36. The van der Waals surface area contributed by atoms with Crippen LogP contribution in [0.4, 0.5) is 5.69 Å². The van der Waals surface area contributed by atoms with Gasteiger partial charge in [-0.2, -0.15) is 0 Å². The maximum absolute atomic E-state index is 11.9. The first-order chi connectivity index (χ1) is 11.4. The molecule has 6 heteroatoms. The highest BCUT2D eigenvalue weighted by Gasteiger charge is 2.12. The number of carbonyl (C=O) groups is 3. The molecule has 0 spiro atoms. The van der Waals surface area contributed by atoms with Crippen LogP contribution >= 0.6 is 0 Å². The number of benzene rings is 1. The van der Waals surface area contributed by atoms with E-state index in [0.717, 1.165) is 25.7 Å². The zero-order chi connectivity index (χ0) is 17.9. The average molecular weight is 334 g/mol. The second kappa shape index (κ2) is 10.4. The van der Waals surface area contributed by atoms with Gasteiger partial charge >= 0.3 is 5.97 Å². The Hall–Kier alpha value is -2.37. The van der Waals surface area contributed by atoms with Crippen LogP contribution in [-0.2, 0) is 14.3 Å². The van der Waals surface area contributed by atoms with Gasteiger partial charge in [0, 0.05) is 18.7 Å². The predicted molar refractivity (Wildman–Crippen MR) is 92.8 cm³/mol. The third kappa shape index (κ3) is 7.76. The van der Waals surface area contributed by atoms with E-state index in [2.05, 4.69) is 17.6 Å². The number of esters is 1. The van der Waals surface area contributed by atoms with Crippen molar-refractivity contribution in [3.05, 3.63) is 29.8 Å². The Bertz CT molecular complexity index is 555. The highest BCUT2D eigenvalue weighted by Crippen LogP contribution is 2.10. The minimum absolute atomic E-state index is 0.0692. The van der Waals surface area contributed by atoms with Crippen LogP contribution in [0.25, 0.3) is 0 Å². The summed E-state index contributed by atoms with van der Waals surface area (Å²) in [6.07, 6.45) is 4.26. The van der Waals surface area contributed by atoms with Crippen LogP contribution < -0.4 is 10.6 Å². The monoisotopic (exact) mass is 334 g/mol. The lowest BCUT2D eigenvalue weighted by molar-refractivity contribution is -0.124. The molecule has 1 rings (SSSR count). The minimum Gasteiger partial charge on any atom is -0.452 e. The lowest BCUT2D eigenvalue weighted by atomic mass is 10.1. The Morgan fingerprint density at radius 1 is 1.12 bits per heavy atom. The van der Waals surface area contributed by atoms with Crippen molar-refractivity contribution in [3.63, 3.8) is 0 Å². The van der Waals surface area contributed by atoms with Gasteiger partial charge in [0.15, 0.2) is 6.61 Å². The normalized spacial score (nSPS) is 11.5. The van der Waals surface area contributed by atoms with Gasteiger partial charge in [-0.1, -0.05) is 26.2 Å². The lowest BCUT2D eigenvalue weighted by Crippen LogP contribution is -2.35. The first kappa shape index (κ1) is 19.7. The number of anilines is 1. The van der Waals surface area contributed by atoms with Gasteiger partial charge in [0.1, 0.15) is 0 Å². The van der Waals surface area contributed by atoms with Gasteiger partial charge in [0.05, 0.1) is 5.56 Å². The molecule has 0 fully saturated rings. The van der Waals surface area contributed by atoms with E-state index in [0.29, 0.717) is 11.3 Å². The first-order valence-electron chi connectivity index (χ1n) is 8.26. The van der Waals surface area contributed by atoms with E-state index in [1.54, 1.807) is 24.3 Å². The highest BCUT2D eigenvalue weighted by atomic mass is 16.5. The van der Waals surface area contributed by atoms with E-state index < -0.39 is 5.97 Å². The zero-order valence-electron chi connectivity index (χ0n) is 14.6. The molecule has 1 aromatic rings. The molecule has 24 heavy (non-hydrogen) atoms. The van der Waals surface area contributed by atoms with Gasteiger partial charge in [-0.05, 0) is 37.6 Å². The van der Waals surface area contributed by atoms with E-state index in [1.807, 2.05) is 6.92 Å². The number of carbonyl (C=O) groups excluding carboxylic acids is 3. The SMILES string of the molecule is CCCCC[C@@H](C)NC(=O)COC(=O)c1ccc(NC(C)=O)cc1. The number of unbranched alkanes of at least 4 members (excludes halogenated alkanes) is 2. The highest BCUT2D eigenvalue weighted by molar-refractivity contribution is 5.93. The molecule has 0 aliphatic rings. The van der Waals surface area contributed by atoms with E-state index in [1.165, 1.54) is 6.92 Å². The number of hydrogen-bond acceptors (Lipinski definition) is 4. The Kier molecular flexibility index (Phi) is 8.54. The molecule has 0 radical (unpaired) electrons. The van der Waals surface area contributed by atoms with Crippen molar-refractivity contribution >= 4 is 23.5 Å². The second-order valence-corrected chi connectivity index (χ2v) is 5.80. The molecule has 2 N–H and O–H groups in total. The second-order valence-electron chi connectivity index (χ2n) is 5.80. The number of amides is 2. The van der Waals surface area contributed by atoms with Gasteiger partial charge in [-0.15, -0.1) is 0 Å². The Labute approximate surface area is 143 Å². The van der Waals surface area contributed by atoms with Crippen LogP contribution in [0.5, 0.6) is 0 Å². The fourth-order valence-electron chi connectivity index (χ4n) is 2.20. The van der Waals surface area contributed by atoms with Crippen LogP contribution in [0.1, 0.15) is 56.8 Å². The number of rotatable bonds is 9. The Morgan fingerprint density at radius 2 is 1.79 bits per heavy atom. The summed E-state index contributed by atoms with van der Waals surface area (Å²) in [5.41, 5.74) is 0.922. The molecule has 0 unspecified atom stereocenters. The zero-order valence-corrected chi connectivity index (χ0v) is 14.6. The molecule has 0 aliphatic heterocycles. The molecule has 0 bridgehead atoms. The predicted octanol–water partition coefficient (Wildman–Crippen LogP) is 2.89. The molecule has 1 aromatic carbocycles. The quantitative estimate of drug-likeness (QED) is 0.537. The van der Waals surface area contributed by atoms with Crippen LogP contribution in [-0.4, -0.2) is 30.4 Å². The van der Waals surface area contributed by atoms with Gasteiger partial charge in [0.2, 0.25) is 5.91 Å². The van der Waals surface area contributed by atoms with Gasteiger partial charge in [-0.3, -0.25) is 9.59 Å². The molecule has 0 saturated heterocycles. The first-order valence-corrected chi connectivity index (χ1v) is 8.26. The Morgan fingerprint density at radius 3 is 2.38 bits per heavy atom. The van der Waals surface area contributed by atoms with E-state index in [9.17, 15) is 14.4 Å². The van der Waals surface area contributed by atoms with E-state index in [-0.39, 0.29) is 24.5 Å². The molecular weight excluding hydrogens is 308 g/mol. The number of hydrogen-bond donors (Lipinski definition) is 2. The van der Waals surface area contributed by atoms with Gasteiger partial charge in [0.25, 0.3) is 5.91 Å². The molecule has 0 aromatic heterocycles. The molecule has 0 heterocycles.